The van der Waals surface area contributed by atoms with Crippen LogP contribution in [-0.4, -0.2) is 30.7 Å². The van der Waals surface area contributed by atoms with Crippen LogP contribution in [0.3, 0.4) is 0 Å². The Morgan fingerprint density at radius 3 is 2.55 bits per heavy atom. The fourth-order valence-electron chi connectivity index (χ4n) is 4.34. The molecule has 1 aromatic carbocycles. The van der Waals surface area contributed by atoms with Crippen molar-refractivity contribution in [2.45, 2.75) is 37.8 Å². The Morgan fingerprint density at radius 2 is 1.81 bits per heavy atom. The second-order valence-electron chi connectivity index (χ2n) is 7.83. The number of hydrogen-bond donors (Lipinski definition) is 1. The Labute approximate surface area is 184 Å². The number of aliphatic hydroxyl groups excluding tert-OH is 1. The highest BCUT2D eigenvalue weighted by Crippen LogP contribution is 2.33. The van der Waals surface area contributed by atoms with E-state index < -0.39 is 6.10 Å². The molecule has 3 heterocycles. The fraction of sp³-hybridized carbons (Fsp3) is 0.250. The van der Waals surface area contributed by atoms with Crippen LogP contribution in [0.5, 0.6) is 0 Å². The SMILES string of the molecule is O=c1c2ccnc(-c3cccnc3)c2nc(-c2ccc(Cl)cc2)n1[C@@H]1CCCC[C@@H]1O. The van der Waals surface area contributed by atoms with Gasteiger partial charge in [0.15, 0.2) is 0 Å². The minimum absolute atomic E-state index is 0.173. The lowest BCUT2D eigenvalue weighted by atomic mass is 9.92. The molecule has 0 bridgehead atoms. The van der Waals surface area contributed by atoms with Gasteiger partial charge in [-0.3, -0.25) is 19.3 Å². The third kappa shape index (κ3) is 3.62. The van der Waals surface area contributed by atoms with Crippen LogP contribution in [0.15, 0.2) is 65.8 Å². The van der Waals surface area contributed by atoms with Crippen molar-refractivity contribution in [1.82, 2.24) is 19.5 Å². The maximum absolute atomic E-state index is 13.8. The Morgan fingerprint density at radius 1 is 1.00 bits per heavy atom. The third-order valence-electron chi connectivity index (χ3n) is 5.88. The summed E-state index contributed by atoms with van der Waals surface area (Å²) in [6.45, 7) is 0. The summed E-state index contributed by atoms with van der Waals surface area (Å²) in [6, 6.07) is 12.4. The molecule has 1 N–H and O–H groups in total. The van der Waals surface area contributed by atoms with Gasteiger partial charge in [0.2, 0.25) is 0 Å². The van der Waals surface area contributed by atoms with Gasteiger partial charge in [-0.25, -0.2) is 4.98 Å². The first-order valence-electron chi connectivity index (χ1n) is 10.4. The molecule has 0 spiro atoms. The van der Waals surface area contributed by atoms with Crippen molar-refractivity contribution in [2.75, 3.05) is 0 Å². The molecule has 1 saturated carbocycles. The highest BCUT2D eigenvalue weighted by molar-refractivity contribution is 6.30. The molecule has 2 atom stereocenters. The first-order valence-corrected chi connectivity index (χ1v) is 10.8. The number of rotatable bonds is 3. The summed E-state index contributed by atoms with van der Waals surface area (Å²) < 4.78 is 1.67. The van der Waals surface area contributed by atoms with Crippen molar-refractivity contribution in [3.63, 3.8) is 0 Å². The Bertz CT molecular complexity index is 1290. The maximum Gasteiger partial charge on any atom is 0.262 e. The summed E-state index contributed by atoms with van der Waals surface area (Å²) in [5.74, 6) is 0.512. The Balaban J connectivity index is 1.83. The molecule has 6 nitrogen and oxygen atoms in total. The smallest absolute Gasteiger partial charge is 0.262 e. The molecular formula is C24H21ClN4O2. The first kappa shape index (κ1) is 19.8. The molecule has 0 radical (unpaired) electrons. The number of nitrogens with zero attached hydrogens (tertiary/aromatic N) is 4. The maximum atomic E-state index is 13.8. The van der Waals surface area contributed by atoms with Gasteiger partial charge in [0.05, 0.1) is 23.2 Å². The van der Waals surface area contributed by atoms with E-state index in [-0.39, 0.29) is 11.6 Å². The number of benzene rings is 1. The summed E-state index contributed by atoms with van der Waals surface area (Å²) in [7, 11) is 0. The van der Waals surface area contributed by atoms with Crippen LogP contribution in [0.1, 0.15) is 31.7 Å². The number of halogens is 1. The minimum atomic E-state index is -0.587. The lowest BCUT2D eigenvalue weighted by molar-refractivity contribution is 0.0744. The standard InChI is InChI=1S/C24H21ClN4O2/c25-17-9-7-15(8-10-17)23-28-22-18(11-13-27-21(22)16-4-3-12-26-14-16)24(31)29(23)19-5-1-2-6-20(19)30/h3-4,7-14,19-20,30H,1-2,5-6H2/t19-,20+/m1/s1. The molecule has 1 fully saturated rings. The van der Waals surface area contributed by atoms with Gasteiger partial charge < -0.3 is 5.11 Å². The van der Waals surface area contributed by atoms with Crippen LogP contribution < -0.4 is 5.56 Å². The molecule has 1 aliphatic rings. The number of pyridine rings is 2. The summed E-state index contributed by atoms with van der Waals surface area (Å²) >= 11 is 6.10. The van der Waals surface area contributed by atoms with Gasteiger partial charge in [-0.05, 0) is 55.3 Å². The van der Waals surface area contributed by atoms with E-state index in [4.69, 9.17) is 16.6 Å². The predicted molar refractivity (Wildman–Crippen MR) is 121 cm³/mol. The summed E-state index contributed by atoms with van der Waals surface area (Å²) in [4.78, 5) is 27.4. The monoisotopic (exact) mass is 432 g/mol. The topological polar surface area (TPSA) is 80.9 Å². The molecule has 0 amide bonds. The quantitative estimate of drug-likeness (QED) is 0.509. The van der Waals surface area contributed by atoms with Crippen molar-refractivity contribution in [1.29, 1.82) is 0 Å². The molecule has 0 unspecified atom stereocenters. The normalized spacial score (nSPS) is 18.9. The highest BCUT2D eigenvalue weighted by atomic mass is 35.5. The highest BCUT2D eigenvalue weighted by Gasteiger charge is 2.29. The number of hydrogen-bond acceptors (Lipinski definition) is 5. The molecule has 3 aromatic heterocycles. The van der Waals surface area contributed by atoms with Crippen LogP contribution in [-0.2, 0) is 0 Å². The molecule has 0 saturated heterocycles. The lowest BCUT2D eigenvalue weighted by Gasteiger charge is -2.31. The summed E-state index contributed by atoms with van der Waals surface area (Å²) in [6.07, 6.45) is 7.76. The van der Waals surface area contributed by atoms with Crippen molar-refractivity contribution in [3.05, 3.63) is 76.4 Å². The molecule has 1 aliphatic carbocycles. The van der Waals surface area contributed by atoms with Gasteiger partial charge in [-0.1, -0.05) is 24.4 Å². The fourth-order valence-corrected chi connectivity index (χ4v) is 4.47. The zero-order valence-electron chi connectivity index (χ0n) is 16.8. The van der Waals surface area contributed by atoms with Gasteiger partial charge in [-0.2, -0.15) is 0 Å². The lowest BCUT2D eigenvalue weighted by Crippen LogP contribution is -2.36. The van der Waals surface area contributed by atoms with Crippen LogP contribution in [0, 0.1) is 0 Å². The predicted octanol–water partition coefficient (Wildman–Crippen LogP) is 4.65. The minimum Gasteiger partial charge on any atom is -0.391 e. The average Bonchev–Trinajstić information content (AvgIpc) is 2.80. The van der Waals surface area contributed by atoms with E-state index in [2.05, 4.69) is 9.97 Å². The average molecular weight is 433 g/mol. The molecule has 7 heteroatoms. The van der Waals surface area contributed by atoms with Crippen LogP contribution >= 0.6 is 11.6 Å². The van der Waals surface area contributed by atoms with Crippen LogP contribution in [0.4, 0.5) is 0 Å². The zero-order valence-corrected chi connectivity index (χ0v) is 17.5. The van der Waals surface area contributed by atoms with Gasteiger partial charge in [-0.15, -0.1) is 0 Å². The second kappa shape index (κ2) is 8.21. The van der Waals surface area contributed by atoms with Crippen molar-refractivity contribution >= 4 is 22.5 Å². The number of aromatic nitrogens is 4. The van der Waals surface area contributed by atoms with E-state index in [1.54, 1.807) is 41.4 Å². The molecular weight excluding hydrogens is 412 g/mol. The first-order chi connectivity index (χ1) is 15.1. The third-order valence-corrected chi connectivity index (χ3v) is 6.13. The van der Waals surface area contributed by atoms with Gasteiger partial charge in [0, 0.05) is 34.7 Å². The van der Waals surface area contributed by atoms with Crippen LogP contribution in [0.2, 0.25) is 5.02 Å². The van der Waals surface area contributed by atoms with Crippen LogP contribution in [0.25, 0.3) is 33.5 Å². The summed E-state index contributed by atoms with van der Waals surface area (Å²) in [5.41, 5.74) is 2.51. The number of aliphatic hydroxyl groups is 1. The van der Waals surface area contributed by atoms with Crippen molar-refractivity contribution < 1.29 is 5.11 Å². The van der Waals surface area contributed by atoms with Crippen molar-refractivity contribution in [2.24, 2.45) is 0 Å². The molecule has 4 aromatic rings. The van der Waals surface area contributed by atoms with Gasteiger partial charge >= 0.3 is 0 Å². The van der Waals surface area contributed by atoms with Gasteiger partial charge in [0.25, 0.3) is 5.56 Å². The van der Waals surface area contributed by atoms with E-state index in [9.17, 15) is 9.90 Å². The molecule has 156 valence electrons. The van der Waals surface area contributed by atoms with Gasteiger partial charge in [0.1, 0.15) is 11.3 Å². The van der Waals surface area contributed by atoms with E-state index in [0.29, 0.717) is 33.9 Å². The van der Waals surface area contributed by atoms with E-state index in [1.165, 1.54) is 0 Å². The summed E-state index contributed by atoms with van der Waals surface area (Å²) in [5, 5.41) is 11.8. The van der Waals surface area contributed by atoms with E-state index in [0.717, 1.165) is 30.4 Å². The van der Waals surface area contributed by atoms with Crippen molar-refractivity contribution in [3.8, 4) is 22.6 Å². The number of fused-ring (bicyclic) bond motifs is 1. The molecule has 0 aliphatic heterocycles. The van der Waals surface area contributed by atoms with E-state index >= 15 is 0 Å². The largest absolute Gasteiger partial charge is 0.391 e. The van der Waals surface area contributed by atoms with E-state index in [1.807, 2.05) is 24.3 Å². The zero-order chi connectivity index (χ0) is 21.4. The molecule has 5 rings (SSSR count). The Hall–Kier alpha value is -3.09. The second-order valence-corrected chi connectivity index (χ2v) is 8.27. The Kier molecular flexibility index (Phi) is 5.26. The molecule has 31 heavy (non-hydrogen) atoms.